The zero-order chi connectivity index (χ0) is 11.1. The number of aromatic amines is 3. The zero-order valence-corrected chi connectivity index (χ0v) is 8.24. The lowest BCUT2D eigenvalue weighted by Gasteiger charge is -1.96. The van der Waals surface area contributed by atoms with Gasteiger partial charge in [0.2, 0.25) is 0 Å². The van der Waals surface area contributed by atoms with Crippen LogP contribution in [0.4, 0.5) is 5.82 Å². The number of nitrogens with zero attached hydrogens (tertiary/aromatic N) is 1. The fourth-order valence-electron chi connectivity index (χ4n) is 1.69. The van der Waals surface area contributed by atoms with Crippen molar-refractivity contribution in [1.29, 1.82) is 0 Å². The van der Waals surface area contributed by atoms with Crippen LogP contribution < -0.4 is 11.4 Å². The number of H-pyrrole nitrogens is 3. The van der Waals surface area contributed by atoms with Gasteiger partial charge in [-0.05, 0) is 12.1 Å². The van der Waals surface area contributed by atoms with Gasteiger partial charge in [0, 0.05) is 11.6 Å². The number of aromatic nitrogens is 4. The molecular formula is C10H9N5O. The Morgan fingerprint density at radius 3 is 2.69 bits per heavy atom. The second-order valence-corrected chi connectivity index (χ2v) is 3.55. The van der Waals surface area contributed by atoms with Crippen molar-refractivity contribution < 1.29 is 0 Å². The molecule has 1 aromatic carbocycles. The average Bonchev–Trinajstić information content (AvgIpc) is 2.81. The molecule has 3 aromatic rings. The maximum Gasteiger partial charge on any atom is 0.323 e. The van der Waals surface area contributed by atoms with Crippen LogP contribution >= 0.6 is 0 Å². The maximum atomic E-state index is 11.1. The summed E-state index contributed by atoms with van der Waals surface area (Å²) >= 11 is 0. The van der Waals surface area contributed by atoms with Gasteiger partial charge in [-0.1, -0.05) is 6.07 Å². The third kappa shape index (κ3) is 1.28. The van der Waals surface area contributed by atoms with Crippen molar-refractivity contribution in [2.24, 2.45) is 0 Å². The van der Waals surface area contributed by atoms with E-state index < -0.39 is 0 Å². The topological polar surface area (TPSA) is 103 Å². The number of hydrogen-bond acceptors (Lipinski definition) is 3. The monoisotopic (exact) mass is 215 g/mol. The van der Waals surface area contributed by atoms with E-state index in [9.17, 15) is 4.79 Å². The first kappa shape index (κ1) is 8.78. The Morgan fingerprint density at radius 2 is 1.94 bits per heavy atom. The fourth-order valence-corrected chi connectivity index (χ4v) is 1.69. The largest absolute Gasteiger partial charge is 0.382 e. The fraction of sp³-hybridized carbons (Fsp3) is 0. The quantitative estimate of drug-likeness (QED) is 0.483. The van der Waals surface area contributed by atoms with Crippen LogP contribution in [0.5, 0.6) is 0 Å². The Hall–Kier alpha value is -2.50. The summed E-state index contributed by atoms with van der Waals surface area (Å²) in [5, 5.41) is 6.67. The van der Waals surface area contributed by atoms with Crippen LogP contribution in [0.2, 0.25) is 0 Å². The van der Waals surface area contributed by atoms with E-state index >= 15 is 0 Å². The van der Waals surface area contributed by atoms with Crippen molar-refractivity contribution in [3.05, 3.63) is 34.7 Å². The lowest BCUT2D eigenvalue weighted by molar-refractivity contribution is 1.10. The highest BCUT2D eigenvalue weighted by atomic mass is 16.1. The molecule has 0 atom stereocenters. The molecule has 3 rings (SSSR count). The summed E-state index contributed by atoms with van der Waals surface area (Å²) in [7, 11) is 0. The van der Waals surface area contributed by atoms with Crippen LogP contribution in [-0.2, 0) is 0 Å². The van der Waals surface area contributed by atoms with Crippen LogP contribution in [0.15, 0.2) is 29.1 Å². The lowest BCUT2D eigenvalue weighted by Crippen LogP contribution is -1.99. The smallest absolute Gasteiger partial charge is 0.323 e. The van der Waals surface area contributed by atoms with Crippen LogP contribution in [0.3, 0.4) is 0 Å². The number of hydrogen-bond donors (Lipinski definition) is 4. The Labute approximate surface area is 89.5 Å². The van der Waals surface area contributed by atoms with Crippen LogP contribution in [0.1, 0.15) is 0 Å². The van der Waals surface area contributed by atoms with Gasteiger partial charge in [-0.25, -0.2) is 4.79 Å². The first-order chi connectivity index (χ1) is 7.72. The molecule has 0 aliphatic rings. The van der Waals surface area contributed by atoms with E-state index in [1.807, 2.05) is 18.2 Å². The molecule has 6 nitrogen and oxygen atoms in total. The number of rotatable bonds is 1. The van der Waals surface area contributed by atoms with Crippen LogP contribution in [0.25, 0.3) is 22.3 Å². The minimum absolute atomic E-state index is 0.212. The Kier molecular flexibility index (Phi) is 1.64. The third-order valence-corrected chi connectivity index (χ3v) is 2.42. The molecule has 0 unspecified atom stereocenters. The molecule has 0 spiro atoms. The minimum Gasteiger partial charge on any atom is -0.382 e. The van der Waals surface area contributed by atoms with Gasteiger partial charge < -0.3 is 15.7 Å². The predicted octanol–water partition coefficient (Wildman–Crippen LogP) is 0.828. The van der Waals surface area contributed by atoms with Gasteiger partial charge in [0.05, 0.1) is 16.7 Å². The van der Waals surface area contributed by atoms with Gasteiger partial charge >= 0.3 is 5.69 Å². The molecule has 0 bridgehead atoms. The SMILES string of the molecule is Nc1cc(-c2ccc3[nH]c(=O)[nH]c3c2)[nH]n1. The van der Waals surface area contributed by atoms with E-state index in [1.165, 1.54) is 0 Å². The predicted molar refractivity (Wildman–Crippen MR) is 60.9 cm³/mol. The summed E-state index contributed by atoms with van der Waals surface area (Å²) in [6, 6.07) is 7.32. The highest BCUT2D eigenvalue weighted by Crippen LogP contribution is 2.21. The molecule has 0 amide bonds. The summed E-state index contributed by atoms with van der Waals surface area (Å²) in [6.07, 6.45) is 0. The van der Waals surface area contributed by atoms with E-state index in [0.717, 1.165) is 22.3 Å². The van der Waals surface area contributed by atoms with E-state index in [1.54, 1.807) is 6.07 Å². The van der Waals surface area contributed by atoms with Gasteiger partial charge in [-0.15, -0.1) is 0 Å². The Balaban J connectivity index is 2.21. The summed E-state index contributed by atoms with van der Waals surface area (Å²) in [5.41, 5.74) is 8.60. The van der Waals surface area contributed by atoms with E-state index in [0.29, 0.717) is 5.82 Å². The van der Waals surface area contributed by atoms with Crippen molar-refractivity contribution in [3.8, 4) is 11.3 Å². The lowest BCUT2D eigenvalue weighted by atomic mass is 10.1. The summed E-state index contributed by atoms with van der Waals surface area (Å²) in [4.78, 5) is 16.5. The molecule has 0 saturated heterocycles. The van der Waals surface area contributed by atoms with Gasteiger partial charge in [-0.2, -0.15) is 5.10 Å². The van der Waals surface area contributed by atoms with Crippen molar-refractivity contribution in [2.45, 2.75) is 0 Å². The van der Waals surface area contributed by atoms with E-state index in [4.69, 9.17) is 5.73 Å². The zero-order valence-electron chi connectivity index (χ0n) is 8.24. The van der Waals surface area contributed by atoms with Gasteiger partial charge in [-0.3, -0.25) is 5.10 Å². The molecule has 2 heterocycles. The number of imidazole rings is 1. The first-order valence-electron chi connectivity index (χ1n) is 4.76. The average molecular weight is 215 g/mol. The van der Waals surface area contributed by atoms with Crippen LogP contribution in [-0.4, -0.2) is 20.2 Å². The van der Waals surface area contributed by atoms with Gasteiger partial charge in [0.15, 0.2) is 0 Å². The number of nitrogen functional groups attached to an aromatic ring is 1. The highest BCUT2D eigenvalue weighted by Gasteiger charge is 2.04. The summed E-state index contributed by atoms with van der Waals surface area (Å²) in [5.74, 6) is 0.442. The van der Waals surface area contributed by atoms with Crippen molar-refractivity contribution in [2.75, 3.05) is 5.73 Å². The minimum atomic E-state index is -0.212. The number of nitrogens with two attached hydrogens (primary N) is 1. The molecular weight excluding hydrogens is 206 g/mol. The summed E-state index contributed by atoms with van der Waals surface area (Å²) < 4.78 is 0. The molecule has 0 radical (unpaired) electrons. The van der Waals surface area contributed by atoms with Crippen LogP contribution in [0, 0.1) is 0 Å². The molecule has 0 saturated carbocycles. The van der Waals surface area contributed by atoms with Crippen molar-refractivity contribution >= 4 is 16.9 Å². The molecule has 0 fully saturated rings. The van der Waals surface area contributed by atoms with Crippen molar-refractivity contribution in [1.82, 2.24) is 20.2 Å². The molecule has 0 aliphatic carbocycles. The molecule has 6 heteroatoms. The second-order valence-electron chi connectivity index (χ2n) is 3.55. The normalized spacial score (nSPS) is 11.0. The number of fused-ring (bicyclic) bond motifs is 1. The Morgan fingerprint density at radius 1 is 1.12 bits per heavy atom. The highest BCUT2D eigenvalue weighted by molar-refractivity contribution is 5.80. The second kappa shape index (κ2) is 2.99. The summed E-state index contributed by atoms with van der Waals surface area (Å²) in [6.45, 7) is 0. The number of benzene rings is 1. The molecule has 5 N–H and O–H groups in total. The maximum absolute atomic E-state index is 11.1. The number of nitrogens with one attached hydrogen (secondary N) is 3. The molecule has 16 heavy (non-hydrogen) atoms. The van der Waals surface area contributed by atoms with Gasteiger partial charge in [0.25, 0.3) is 0 Å². The standard InChI is InChI=1S/C10H9N5O/c11-9-4-7(14-15-9)5-1-2-6-8(3-5)13-10(16)12-6/h1-4H,(H3,11,14,15)(H2,12,13,16). The molecule has 2 aromatic heterocycles. The third-order valence-electron chi connectivity index (χ3n) is 2.42. The molecule has 0 aliphatic heterocycles. The van der Waals surface area contributed by atoms with E-state index in [2.05, 4.69) is 20.2 Å². The first-order valence-corrected chi connectivity index (χ1v) is 4.76. The van der Waals surface area contributed by atoms with Gasteiger partial charge in [0.1, 0.15) is 5.82 Å². The number of anilines is 1. The Bertz CT molecular complexity index is 705. The van der Waals surface area contributed by atoms with Crippen molar-refractivity contribution in [3.63, 3.8) is 0 Å². The van der Waals surface area contributed by atoms with E-state index in [-0.39, 0.29) is 5.69 Å². The molecule has 80 valence electrons.